The highest BCUT2D eigenvalue weighted by Gasteiger charge is 2.23. The van der Waals surface area contributed by atoms with Gasteiger partial charge in [-0.2, -0.15) is 0 Å². The number of ether oxygens (including phenoxy) is 3. The van der Waals surface area contributed by atoms with E-state index in [1.54, 1.807) is 21.3 Å². The number of methoxy groups -OCH3 is 3. The first-order valence-electron chi connectivity index (χ1n) is 9.89. The SMILES string of the molecule is COc1ccc(CN2CCN(C(=O)Cc3ccc(C)cc3)CC2)c(OC)c1OC. The summed E-state index contributed by atoms with van der Waals surface area (Å²) in [6.45, 7) is 5.93. The van der Waals surface area contributed by atoms with Gasteiger partial charge in [-0.25, -0.2) is 0 Å². The van der Waals surface area contributed by atoms with E-state index < -0.39 is 0 Å². The average Bonchev–Trinajstić information content (AvgIpc) is 2.75. The van der Waals surface area contributed by atoms with Gasteiger partial charge < -0.3 is 19.1 Å². The molecule has 6 nitrogen and oxygen atoms in total. The van der Waals surface area contributed by atoms with Gasteiger partial charge in [-0.15, -0.1) is 0 Å². The molecule has 0 spiro atoms. The van der Waals surface area contributed by atoms with Gasteiger partial charge in [0.25, 0.3) is 0 Å². The summed E-state index contributed by atoms with van der Waals surface area (Å²) >= 11 is 0. The topological polar surface area (TPSA) is 51.2 Å². The van der Waals surface area contributed by atoms with Gasteiger partial charge in [0.05, 0.1) is 27.8 Å². The summed E-state index contributed by atoms with van der Waals surface area (Å²) in [6.07, 6.45) is 0.462. The summed E-state index contributed by atoms with van der Waals surface area (Å²) < 4.78 is 16.4. The fourth-order valence-corrected chi connectivity index (χ4v) is 3.68. The molecule has 6 heteroatoms. The maximum atomic E-state index is 12.6. The number of aryl methyl sites for hydroxylation is 1. The number of hydrogen-bond donors (Lipinski definition) is 0. The van der Waals surface area contributed by atoms with Gasteiger partial charge in [0, 0.05) is 38.3 Å². The minimum Gasteiger partial charge on any atom is -0.493 e. The smallest absolute Gasteiger partial charge is 0.227 e. The first kappa shape index (κ1) is 21.0. The van der Waals surface area contributed by atoms with Crippen molar-refractivity contribution in [2.45, 2.75) is 19.9 Å². The molecule has 0 atom stereocenters. The fraction of sp³-hybridized carbons (Fsp3) is 0.435. The van der Waals surface area contributed by atoms with Crippen LogP contribution in [0.15, 0.2) is 36.4 Å². The Morgan fingerprint density at radius 2 is 1.52 bits per heavy atom. The molecule has 1 aliphatic rings. The van der Waals surface area contributed by atoms with Crippen molar-refractivity contribution in [2.24, 2.45) is 0 Å². The van der Waals surface area contributed by atoms with E-state index in [-0.39, 0.29) is 5.91 Å². The lowest BCUT2D eigenvalue weighted by atomic mass is 10.1. The highest BCUT2D eigenvalue weighted by atomic mass is 16.5. The van der Waals surface area contributed by atoms with Gasteiger partial charge in [-0.1, -0.05) is 35.9 Å². The third-order valence-corrected chi connectivity index (χ3v) is 5.38. The van der Waals surface area contributed by atoms with Crippen molar-refractivity contribution in [3.63, 3.8) is 0 Å². The van der Waals surface area contributed by atoms with E-state index in [9.17, 15) is 4.79 Å². The number of hydrogen-bond acceptors (Lipinski definition) is 5. The summed E-state index contributed by atoms with van der Waals surface area (Å²) in [5, 5.41) is 0. The number of piperazine rings is 1. The van der Waals surface area contributed by atoms with Crippen LogP contribution in [-0.2, 0) is 17.8 Å². The Balaban J connectivity index is 1.58. The molecule has 0 bridgehead atoms. The van der Waals surface area contributed by atoms with Crippen LogP contribution < -0.4 is 14.2 Å². The molecule has 1 fully saturated rings. The second-order valence-corrected chi connectivity index (χ2v) is 7.31. The van der Waals surface area contributed by atoms with Crippen molar-refractivity contribution in [2.75, 3.05) is 47.5 Å². The van der Waals surface area contributed by atoms with Gasteiger partial charge in [0.15, 0.2) is 11.5 Å². The van der Waals surface area contributed by atoms with Crippen LogP contribution in [0.2, 0.25) is 0 Å². The zero-order chi connectivity index (χ0) is 20.8. The summed E-state index contributed by atoms with van der Waals surface area (Å²) in [5.74, 6) is 2.15. The second-order valence-electron chi connectivity index (χ2n) is 7.31. The van der Waals surface area contributed by atoms with E-state index in [2.05, 4.69) is 24.0 Å². The molecular weight excluding hydrogens is 368 g/mol. The molecule has 29 heavy (non-hydrogen) atoms. The fourth-order valence-electron chi connectivity index (χ4n) is 3.68. The van der Waals surface area contributed by atoms with E-state index in [0.29, 0.717) is 23.7 Å². The normalized spacial score (nSPS) is 14.6. The number of carbonyl (C=O) groups excluding carboxylic acids is 1. The summed E-state index contributed by atoms with van der Waals surface area (Å²) in [5.41, 5.74) is 3.32. The molecule has 1 heterocycles. The first-order chi connectivity index (χ1) is 14.0. The number of benzene rings is 2. The Labute approximate surface area is 173 Å². The molecule has 2 aromatic carbocycles. The molecule has 3 rings (SSSR count). The Hall–Kier alpha value is -2.73. The minimum absolute atomic E-state index is 0.192. The van der Waals surface area contributed by atoms with E-state index in [0.717, 1.165) is 43.9 Å². The van der Waals surface area contributed by atoms with Crippen LogP contribution in [0, 0.1) is 6.92 Å². The van der Waals surface area contributed by atoms with Crippen LogP contribution in [0.5, 0.6) is 17.2 Å². The minimum atomic E-state index is 0.192. The Kier molecular flexibility index (Phi) is 6.99. The number of rotatable bonds is 7. The van der Waals surface area contributed by atoms with Crippen LogP contribution in [-0.4, -0.2) is 63.2 Å². The average molecular weight is 399 g/mol. The van der Waals surface area contributed by atoms with E-state index in [4.69, 9.17) is 14.2 Å². The van der Waals surface area contributed by atoms with Crippen LogP contribution >= 0.6 is 0 Å². The van der Waals surface area contributed by atoms with Crippen LogP contribution in [0.25, 0.3) is 0 Å². The van der Waals surface area contributed by atoms with Crippen molar-refractivity contribution in [1.29, 1.82) is 0 Å². The zero-order valence-electron chi connectivity index (χ0n) is 17.7. The Morgan fingerprint density at radius 1 is 0.862 bits per heavy atom. The molecule has 1 saturated heterocycles. The predicted molar refractivity (Wildman–Crippen MR) is 113 cm³/mol. The Morgan fingerprint density at radius 3 is 2.10 bits per heavy atom. The van der Waals surface area contributed by atoms with E-state index in [1.165, 1.54) is 5.56 Å². The van der Waals surface area contributed by atoms with Crippen molar-refractivity contribution in [1.82, 2.24) is 9.80 Å². The highest BCUT2D eigenvalue weighted by molar-refractivity contribution is 5.78. The molecule has 0 aromatic heterocycles. The number of carbonyl (C=O) groups is 1. The third-order valence-electron chi connectivity index (χ3n) is 5.38. The van der Waals surface area contributed by atoms with Crippen LogP contribution in [0.4, 0.5) is 0 Å². The lowest BCUT2D eigenvalue weighted by Crippen LogP contribution is -2.48. The van der Waals surface area contributed by atoms with Gasteiger partial charge in [-0.05, 0) is 18.6 Å². The van der Waals surface area contributed by atoms with Crippen molar-refractivity contribution in [3.8, 4) is 17.2 Å². The highest BCUT2D eigenvalue weighted by Crippen LogP contribution is 2.40. The largest absolute Gasteiger partial charge is 0.493 e. The predicted octanol–water partition coefficient (Wildman–Crippen LogP) is 2.91. The van der Waals surface area contributed by atoms with Crippen molar-refractivity contribution < 1.29 is 19.0 Å². The standard InChI is InChI=1S/C23H30N2O4/c1-17-5-7-18(8-6-17)15-21(26)25-13-11-24(12-14-25)16-19-9-10-20(27-2)23(29-4)22(19)28-3/h5-10H,11-16H2,1-4H3. The van der Waals surface area contributed by atoms with E-state index in [1.807, 2.05) is 29.2 Å². The molecule has 0 saturated carbocycles. The summed E-state index contributed by atoms with van der Waals surface area (Å²) in [6, 6.07) is 12.1. The molecule has 0 unspecified atom stereocenters. The van der Waals surface area contributed by atoms with Gasteiger partial charge >= 0.3 is 0 Å². The van der Waals surface area contributed by atoms with Gasteiger partial charge in [-0.3, -0.25) is 9.69 Å². The monoisotopic (exact) mass is 398 g/mol. The Bertz CT molecular complexity index is 828. The second kappa shape index (κ2) is 9.65. The lowest BCUT2D eigenvalue weighted by Gasteiger charge is -2.35. The summed E-state index contributed by atoms with van der Waals surface area (Å²) in [7, 11) is 4.87. The molecule has 0 radical (unpaired) electrons. The molecular formula is C23H30N2O4. The van der Waals surface area contributed by atoms with Gasteiger partial charge in [0.1, 0.15) is 0 Å². The molecule has 156 valence electrons. The molecule has 0 aliphatic carbocycles. The van der Waals surface area contributed by atoms with Crippen molar-refractivity contribution >= 4 is 5.91 Å². The number of amides is 1. The van der Waals surface area contributed by atoms with Crippen LogP contribution in [0.3, 0.4) is 0 Å². The summed E-state index contributed by atoms with van der Waals surface area (Å²) in [4.78, 5) is 16.9. The van der Waals surface area contributed by atoms with E-state index >= 15 is 0 Å². The quantitative estimate of drug-likeness (QED) is 0.718. The maximum absolute atomic E-state index is 12.6. The first-order valence-corrected chi connectivity index (χ1v) is 9.89. The maximum Gasteiger partial charge on any atom is 0.227 e. The third kappa shape index (κ3) is 5.01. The molecule has 2 aromatic rings. The van der Waals surface area contributed by atoms with Crippen LogP contribution in [0.1, 0.15) is 16.7 Å². The van der Waals surface area contributed by atoms with Crippen molar-refractivity contribution in [3.05, 3.63) is 53.1 Å². The number of nitrogens with zero attached hydrogens (tertiary/aromatic N) is 2. The molecule has 1 amide bonds. The molecule has 1 aliphatic heterocycles. The van der Waals surface area contributed by atoms with Gasteiger partial charge in [0.2, 0.25) is 11.7 Å². The lowest BCUT2D eigenvalue weighted by molar-refractivity contribution is -0.132. The molecule has 0 N–H and O–H groups in total. The zero-order valence-corrected chi connectivity index (χ0v) is 17.7.